The molecule has 0 atom stereocenters. The zero-order chi connectivity index (χ0) is 20.4. The van der Waals surface area contributed by atoms with Gasteiger partial charge in [-0.2, -0.15) is 0 Å². The van der Waals surface area contributed by atoms with Crippen LogP contribution in [0.1, 0.15) is 32.3 Å². The van der Waals surface area contributed by atoms with Crippen LogP contribution in [-0.4, -0.2) is 54.7 Å². The fourth-order valence-electron chi connectivity index (χ4n) is 3.17. The molecule has 2 aromatic carbocycles. The van der Waals surface area contributed by atoms with Gasteiger partial charge in [-0.05, 0) is 36.3 Å². The Kier molecular flexibility index (Phi) is 8.75. The molecule has 0 saturated carbocycles. The number of nitrogens with one attached hydrogen (secondary N) is 1. The molecule has 1 amide bonds. The lowest BCUT2D eigenvalue weighted by molar-refractivity contribution is -0.138. The highest BCUT2D eigenvalue weighted by Crippen LogP contribution is 2.28. The van der Waals surface area contributed by atoms with E-state index in [2.05, 4.69) is 42.3 Å². The molecule has 0 heterocycles. The monoisotopic (exact) mass is 386 g/mol. The average Bonchev–Trinajstić information content (AvgIpc) is 2.70. The van der Waals surface area contributed by atoms with Crippen molar-refractivity contribution in [1.29, 1.82) is 0 Å². The Labute approximate surface area is 166 Å². The number of fused-ring (bicyclic) bond motifs is 1. The molecular weight excluding hydrogens is 356 g/mol. The van der Waals surface area contributed by atoms with Crippen LogP contribution in [0.25, 0.3) is 10.8 Å². The van der Waals surface area contributed by atoms with E-state index < -0.39 is 5.97 Å². The number of benzene rings is 2. The Morgan fingerprint density at radius 3 is 2.54 bits per heavy atom. The third-order valence-corrected chi connectivity index (χ3v) is 4.82. The first kappa shape index (κ1) is 21.7. The van der Waals surface area contributed by atoms with Gasteiger partial charge >= 0.3 is 5.97 Å². The number of carboxylic acid groups (broad SMARTS) is 1. The predicted octanol–water partition coefficient (Wildman–Crippen LogP) is 3.08. The molecule has 0 radical (unpaired) electrons. The normalized spacial score (nSPS) is 11.0. The molecule has 6 nitrogen and oxygen atoms in total. The zero-order valence-corrected chi connectivity index (χ0v) is 16.7. The van der Waals surface area contributed by atoms with Crippen LogP contribution in [0.4, 0.5) is 0 Å². The van der Waals surface area contributed by atoms with Crippen LogP contribution < -0.4 is 10.1 Å². The molecule has 0 aliphatic rings. The van der Waals surface area contributed by atoms with Crippen LogP contribution in [0, 0.1) is 0 Å². The maximum Gasteiger partial charge on any atom is 0.303 e. The third-order valence-electron chi connectivity index (χ3n) is 4.82. The number of aliphatic carboxylic acids is 1. The number of hydrogen-bond acceptors (Lipinski definition) is 4. The summed E-state index contributed by atoms with van der Waals surface area (Å²) in [6, 6.07) is 12.2. The SMILES string of the molecule is CCN(CC)CCOc1ccc2ccccc2c1CCNC(=O)CCC(=O)O. The van der Waals surface area contributed by atoms with Crippen molar-refractivity contribution in [2.24, 2.45) is 0 Å². The summed E-state index contributed by atoms with van der Waals surface area (Å²) in [5.41, 5.74) is 1.07. The van der Waals surface area contributed by atoms with E-state index in [-0.39, 0.29) is 18.7 Å². The minimum atomic E-state index is -0.965. The van der Waals surface area contributed by atoms with Crippen molar-refractivity contribution >= 4 is 22.6 Å². The minimum absolute atomic E-state index is 0.00189. The molecule has 2 rings (SSSR count). The van der Waals surface area contributed by atoms with Crippen molar-refractivity contribution in [2.75, 3.05) is 32.8 Å². The number of hydrogen-bond donors (Lipinski definition) is 2. The van der Waals surface area contributed by atoms with Crippen LogP contribution in [0.3, 0.4) is 0 Å². The van der Waals surface area contributed by atoms with E-state index in [4.69, 9.17) is 9.84 Å². The maximum absolute atomic E-state index is 11.8. The van der Waals surface area contributed by atoms with E-state index in [1.54, 1.807) is 0 Å². The number of rotatable bonds is 12. The number of likely N-dealkylation sites (N-methyl/N-ethyl adjacent to an activating group) is 1. The second-order valence-corrected chi connectivity index (χ2v) is 6.63. The van der Waals surface area contributed by atoms with Crippen LogP contribution in [-0.2, 0) is 16.0 Å². The Bertz CT molecular complexity index is 787. The molecule has 152 valence electrons. The zero-order valence-electron chi connectivity index (χ0n) is 16.7. The number of nitrogens with zero attached hydrogens (tertiary/aromatic N) is 1. The standard InChI is InChI=1S/C22H30N2O4/c1-3-24(4-2)15-16-28-20-10-9-17-7-5-6-8-18(17)19(20)13-14-23-21(25)11-12-22(26)27/h5-10H,3-4,11-16H2,1-2H3,(H,23,25)(H,26,27). The van der Waals surface area contributed by atoms with E-state index in [0.717, 1.165) is 41.7 Å². The van der Waals surface area contributed by atoms with Crippen molar-refractivity contribution in [3.8, 4) is 5.75 Å². The van der Waals surface area contributed by atoms with Gasteiger partial charge in [-0.3, -0.25) is 9.59 Å². The number of carbonyl (C=O) groups is 2. The number of carbonyl (C=O) groups excluding carboxylic acids is 1. The van der Waals surface area contributed by atoms with Crippen molar-refractivity contribution in [1.82, 2.24) is 10.2 Å². The Hall–Kier alpha value is -2.60. The largest absolute Gasteiger partial charge is 0.492 e. The summed E-state index contributed by atoms with van der Waals surface area (Å²) in [6.07, 6.45) is 0.471. The fraction of sp³-hybridized carbons (Fsp3) is 0.455. The van der Waals surface area contributed by atoms with E-state index in [1.807, 2.05) is 18.2 Å². The Morgan fingerprint density at radius 2 is 1.82 bits per heavy atom. The van der Waals surface area contributed by atoms with Crippen LogP contribution in [0.15, 0.2) is 36.4 Å². The van der Waals surface area contributed by atoms with E-state index in [0.29, 0.717) is 19.6 Å². The van der Waals surface area contributed by atoms with Gasteiger partial charge in [0.25, 0.3) is 0 Å². The van der Waals surface area contributed by atoms with Crippen LogP contribution >= 0.6 is 0 Å². The van der Waals surface area contributed by atoms with Crippen molar-refractivity contribution in [2.45, 2.75) is 33.1 Å². The van der Waals surface area contributed by atoms with Crippen molar-refractivity contribution in [3.63, 3.8) is 0 Å². The summed E-state index contributed by atoms with van der Waals surface area (Å²) in [7, 11) is 0. The van der Waals surface area contributed by atoms with Gasteiger partial charge in [0.15, 0.2) is 0 Å². The van der Waals surface area contributed by atoms with E-state index >= 15 is 0 Å². The van der Waals surface area contributed by atoms with E-state index in [1.165, 1.54) is 0 Å². The molecule has 2 N–H and O–H groups in total. The first-order chi connectivity index (χ1) is 13.5. The molecule has 0 saturated heterocycles. The lowest BCUT2D eigenvalue weighted by atomic mass is 10.0. The molecule has 0 aliphatic heterocycles. The summed E-state index contributed by atoms with van der Waals surface area (Å²) in [4.78, 5) is 24.7. The first-order valence-electron chi connectivity index (χ1n) is 9.89. The smallest absolute Gasteiger partial charge is 0.303 e. The highest BCUT2D eigenvalue weighted by Gasteiger charge is 2.11. The van der Waals surface area contributed by atoms with Crippen molar-refractivity contribution in [3.05, 3.63) is 42.0 Å². The Balaban J connectivity index is 2.05. The van der Waals surface area contributed by atoms with E-state index in [9.17, 15) is 9.59 Å². The molecule has 0 bridgehead atoms. The van der Waals surface area contributed by atoms with Gasteiger partial charge in [-0.15, -0.1) is 0 Å². The number of amides is 1. The van der Waals surface area contributed by atoms with Gasteiger partial charge in [0, 0.05) is 25.1 Å². The predicted molar refractivity (Wildman–Crippen MR) is 111 cm³/mol. The summed E-state index contributed by atoms with van der Waals surface area (Å²) in [5.74, 6) is -0.370. The molecule has 0 fully saturated rings. The number of ether oxygens (including phenoxy) is 1. The summed E-state index contributed by atoms with van der Waals surface area (Å²) < 4.78 is 6.08. The lowest BCUT2D eigenvalue weighted by Gasteiger charge is -2.20. The van der Waals surface area contributed by atoms with Gasteiger partial charge in [0.05, 0.1) is 6.42 Å². The highest BCUT2D eigenvalue weighted by molar-refractivity contribution is 5.88. The minimum Gasteiger partial charge on any atom is -0.492 e. The second kappa shape index (κ2) is 11.3. The molecule has 2 aromatic rings. The molecular formula is C22H30N2O4. The van der Waals surface area contributed by atoms with Gasteiger partial charge in [-0.1, -0.05) is 44.2 Å². The molecule has 0 spiro atoms. The quantitative estimate of drug-likeness (QED) is 0.586. The average molecular weight is 386 g/mol. The topological polar surface area (TPSA) is 78.9 Å². The fourth-order valence-corrected chi connectivity index (χ4v) is 3.17. The molecule has 0 unspecified atom stereocenters. The molecule has 28 heavy (non-hydrogen) atoms. The summed E-state index contributed by atoms with van der Waals surface area (Å²) in [6.45, 7) is 8.18. The summed E-state index contributed by atoms with van der Waals surface area (Å²) >= 11 is 0. The lowest BCUT2D eigenvalue weighted by Crippen LogP contribution is -2.28. The van der Waals surface area contributed by atoms with Gasteiger partial charge in [-0.25, -0.2) is 0 Å². The Morgan fingerprint density at radius 1 is 1.07 bits per heavy atom. The van der Waals surface area contributed by atoms with Crippen molar-refractivity contribution < 1.29 is 19.4 Å². The molecule has 6 heteroatoms. The molecule has 0 aromatic heterocycles. The number of carboxylic acids is 1. The van der Waals surface area contributed by atoms with Gasteiger partial charge in [0.1, 0.15) is 12.4 Å². The first-order valence-corrected chi connectivity index (χ1v) is 9.89. The van der Waals surface area contributed by atoms with Crippen LogP contribution in [0.5, 0.6) is 5.75 Å². The third kappa shape index (κ3) is 6.53. The maximum atomic E-state index is 11.8. The highest BCUT2D eigenvalue weighted by atomic mass is 16.5. The second-order valence-electron chi connectivity index (χ2n) is 6.63. The van der Waals surface area contributed by atoms with Gasteiger partial charge in [0.2, 0.25) is 5.91 Å². The summed E-state index contributed by atoms with van der Waals surface area (Å²) in [5, 5.41) is 13.7. The van der Waals surface area contributed by atoms with Gasteiger partial charge < -0.3 is 20.1 Å². The van der Waals surface area contributed by atoms with Crippen LogP contribution in [0.2, 0.25) is 0 Å². The molecule has 0 aliphatic carbocycles.